The molecule has 3 aromatic rings. The molecule has 1 aromatic carbocycles. The Kier molecular flexibility index (Phi) is 5.56. The molecule has 0 saturated heterocycles. The first-order valence-corrected chi connectivity index (χ1v) is 9.37. The third-order valence-electron chi connectivity index (χ3n) is 4.86. The smallest absolute Gasteiger partial charge is 0.249 e. The quantitative estimate of drug-likeness (QED) is 0.688. The minimum atomic E-state index is -0.523. The summed E-state index contributed by atoms with van der Waals surface area (Å²) in [6.45, 7) is 9.65. The van der Waals surface area contributed by atoms with Crippen molar-refractivity contribution in [3.05, 3.63) is 63.4 Å². The van der Waals surface area contributed by atoms with Gasteiger partial charge in [0.25, 0.3) is 0 Å². The summed E-state index contributed by atoms with van der Waals surface area (Å²) in [6, 6.07) is 5.76. The Labute approximate surface area is 168 Å². The lowest BCUT2D eigenvalue weighted by Crippen LogP contribution is -2.25. The van der Waals surface area contributed by atoms with Crippen molar-refractivity contribution in [2.45, 2.75) is 47.2 Å². The molecular formula is C20H23ClFN5O. The minimum Gasteiger partial charge on any atom is -0.321 e. The normalized spacial score (nSPS) is 12.2. The van der Waals surface area contributed by atoms with Crippen LogP contribution in [0.5, 0.6) is 0 Å². The second kappa shape index (κ2) is 7.75. The summed E-state index contributed by atoms with van der Waals surface area (Å²) in [4.78, 5) is 12.8. The van der Waals surface area contributed by atoms with Crippen LogP contribution in [0, 0.1) is 33.5 Å². The predicted molar refractivity (Wildman–Crippen MR) is 107 cm³/mol. The van der Waals surface area contributed by atoms with Crippen LogP contribution < -0.4 is 5.32 Å². The van der Waals surface area contributed by atoms with Gasteiger partial charge in [0.15, 0.2) is 0 Å². The van der Waals surface area contributed by atoms with Crippen molar-refractivity contribution in [3.8, 4) is 0 Å². The van der Waals surface area contributed by atoms with Crippen LogP contribution in [0.25, 0.3) is 0 Å². The van der Waals surface area contributed by atoms with E-state index in [-0.39, 0.29) is 11.7 Å². The zero-order valence-corrected chi connectivity index (χ0v) is 17.3. The molecule has 0 saturated carbocycles. The standard InChI is InChI=1S/C20H23ClFN5O/c1-11-18(21)13(3)27(25-11)15(5)20(28)23-19-12(2)24-26(14(19)4)10-16-6-8-17(22)9-7-16/h6-9,15H,10H2,1-5H3,(H,23,28). The van der Waals surface area contributed by atoms with Gasteiger partial charge in [-0.05, 0) is 52.3 Å². The highest BCUT2D eigenvalue weighted by Gasteiger charge is 2.23. The largest absolute Gasteiger partial charge is 0.321 e. The first-order valence-electron chi connectivity index (χ1n) is 8.99. The van der Waals surface area contributed by atoms with Crippen molar-refractivity contribution in [2.75, 3.05) is 5.32 Å². The lowest BCUT2D eigenvalue weighted by molar-refractivity contribution is -0.119. The van der Waals surface area contributed by atoms with Crippen molar-refractivity contribution >= 4 is 23.2 Å². The van der Waals surface area contributed by atoms with Crippen LogP contribution in [-0.4, -0.2) is 25.5 Å². The summed E-state index contributed by atoms with van der Waals surface area (Å²) >= 11 is 6.20. The summed E-state index contributed by atoms with van der Waals surface area (Å²) in [5.41, 5.74) is 4.59. The molecule has 0 radical (unpaired) electrons. The lowest BCUT2D eigenvalue weighted by Gasteiger charge is -2.15. The molecule has 0 spiro atoms. The van der Waals surface area contributed by atoms with E-state index < -0.39 is 6.04 Å². The number of carbonyl (C=O) groups is 1. The fourth-order valence-electron chi connectivity index (χ4n) is 3.15. The van der Waals surface area contributed by atoms with Gasteiger partial charge in [-0.1, -0.05) is 23.7 Å². The Balaban J connectivity index is 1.80. The zero-order valence-electron chi connectivity index (χ0n) is 16.5. The van der Waals surface area contributed by atoms with Gasteiger partial charge in [-0.25, -0.2) is 4.39 Å². The van der Waals surface area contributed by atoms with E-state index in [1.165, 1.54) is 12.1 Å². The van der Waals surface area contributed by atoms with Crippen LogP contribution in [0.4, 0.5) is 10.1 Å². The summed E-state index contributed by atoms with van der Waals surface area (Å²) < 4.78 is 16.5. The van der Waals surface area contributed by atoms with E-state index in [1.807, 2.05) is 27.7 Å². The SMILES string of the molecule is Cc1nn(C(C)C(=O)Nc2c(C)nn(Cc3ccc(F)cc3)c2C)c(C)c1Cl. The molecule has 6 nitrogen and oxygen atoms in total. The minimum absolute atomic E-state index is 0.199. The van der Waals surface area contributed by atoms with Gasteiger partial charge in [-0.15, -0.1) is 0 Å². The monoisotopic (exact) mass is 403 g/mol. The van der Waals surface area contributed by atoms with Gasteiger partial charge in [0.05, 0.1) is 40.0 Å². The number of nitrogens with one attached hydrogen (secondary N) is 1. The maximum Gasteiger partial charge on any atom is 0.249 e. The number of aryl methyl sites for hydroxylation is 2. The number of hydrogen-bond donors (Lipinski definition) is 1. The Morgan fingerprint density at radius 1 is 1.11 bits per heavy atom. The third kappa shape index (κ3) is 3.80. The Bertz CT molecular complexity index is 1020. The molecular weight excluding hydrogens is 381 g/mol. The second-order valence-electron chi connectivity index (χ2n) is 6.92. The molecule has 1 atom stereocenters. The molecule has 0 bridgehead atoms. The van der Waals surface area contributed by atoms with E-state index in [4.69, 9.17) is 11.6 Å². The van der Waals surface area contributed by atoms with E-state index in [9.17, 15) is 9.18 Å². The number of benzene rings is 1. The van der Waals surface area contributed by atoms with E-state index in [1.54, 1.807) is 28.4 Å². The molecule has 2 heterocycles. The van der Waals surface area contributed by atoms with Crippen LogP contribution in [0.1, 0.15) is 41.3 Å². The highest BCUT2D eigenvalue weighted by atomic mass is 35.5. The fourth-order valence-corrected chi connectivity index (χ4v) is 3.28. The molecule has 0 aliphatic carbocycles. The van der Waals surface area contributed by atoms with Gasteiger partial charge in [-0.3, -0.25) is 14.2 Å². The average Bonchev–Trinajstić information content (AvgIpc) is 3.07. The number of anilines is 1. The number of aromatic nitrogens is 4. The van der Waals surface area contributed by atoms with Crippen molar-refractivity contribution in [2.24, 2.45) is 0 Å². The average molecular weight is 404 g/mol. The summed E-state index contributed by atoms with van der Waals surface area (Å²) in [6.07, 6.45) is 0. The highest BCUT2D eigenvalue weighted by molar-refractivity contribution is 6.31. The van der Waals surface area contributed by atoms with Crippen LogP contribution in [0.3, 0.4) is 0 Å². The van der Waals surface area contributed by atoms with Crippen LogP contribution in [0.15, 0.2) is 24.3 Å². The summed E-state index contributed by atoms with van der Waals surface area (Å²) in [5, 5.41) is 12.4. The Hall–Kier alpha value is -2.67. The van der Waals surface area contributed by atoms with Gasteiger partial charge < -0.3 is 5.32 Å². The number of hydrogen-bond acceptors (Lipinski definition) is 3. The van der Waals surface area contributed by atoms with Crippen LogP contribution in [-0.2, 0) is 11.3 Å². The summed E-state index contributed by atoms with van der Waals surface area (Å²) in [7, 11) is 0. The van der Waals surface area contributed by atoms with Gasteiger partial charge in [0, 0.05) is 0 Å². The molecule has 2 aromatic heterocycles. The molecule has 0 aliphatic rings. The predicted octanol–water partition coefficient (Wildman–Crippen LogP) is 4.35. The van der Waals surface area contributed by atoms with E-state index in [0.717, 1.165) is 17.0 Å². The maximum atomic E-state index is 13.1. The van der Waals surface area contributed by atoms with E-state index in [0.29, 0.717) is 28.6 Å². The summed E-state index contributed by atoms with van der Waals surface area (Å²) in [5.74, 6) is -0.474. The fraction of sp³-hybridized carbons (Fsp3) is 0.350. The molecule has 0 aliphatic heterocycles. The van der Waals surface area contributed by atoms with E-state index >= 15 is 0 Å². The van der Waals surface area contributed by atoms with Crippen molar-refractivity contribution < 1.29 is 9.18 Å². The van der Waals surface area contributed by atoms with Crippen LogP contribution >= 0.6 is 11.6 Å². The highest BCUT2D eigenvalue weighted by Crippen LogP contribution is 2.25. The second-order valence-corrected chi connectivity index (χ2v) is 7.30. The molecule has 1 N–H and O–H groups in total. The van der Waals surface area contributed by atoms with Crippen molar-refractivity contribution in [1.82, 2.24) is 19.6 Å². The molecule has 1 amide bonds. The zero-order chi connectivity index (χ0) is 20.6. The van der Waals surface area contributed by atoms with Crippen LogP contribution in [0.2, 0.25) is 5.02 Å². The first-order chi connectivity index (χ1) is 13.2. The Morgan fingerprint density at radius 3 is 2.32 bits per heavy atom. The molecule has 3 rings (SSSR count). The number of nitrogens with zero attached hydrogens (tertiary/aromatic N) is 4. The molecule has 148 valence electrons. The van der Waals surface area contributed by atoms with E-state index in [2.05, 4.69) is 15.5 Å². The number of carbonyl (C=O) groups excluding carboxylic acids is 1. The number of rotatable bonds is 5. The van der Waals surface area contributed by atoms with Gasteiger partial charge >= 0.3 is 0 Å². The molecule has 0 fully saturated rings. The van der Waals surface area contributed by atoms with Crippen molar-refractivity contribution in [3.63, 3.8) is 0 Å². The Morgan fingerprint density at radius 2 is 1.75 bits per heavy atom. The maximum absolute atomic E-state index is 13.1. The molecule has 8 heteroatoms. The molecule has 28 heavy (non-hydrogen) atoms. The van der Waals surface area contributed by atoms with Gasteiger partial charge in [0.2, 0.25) is 5.91 Å². The third-order valence-corrected chi connectivity index (χ3v) is 5.41. The number of halogens is 2. The topological polar surface area (TPSA) is 64.7 Å². The van der Waals surface area contributed by atoms with Gasteiger partial charge in [0.1, 0.15) is 11.9 Å². The van der Waals surface area contributed by atoms with Gasteiger partial charge in [-0.2, -0.15) is 10.2 Å². The number of amides is 1. The molecule has 1 unspecified atom stereocenters. The lowest BCUT2D eigenvalue weighted by atomic mass is 10.2. The van der Waals surface area contributed by atoms with Crippen molar-refractivity contribution in [1.29, 1.82) is 0 Å². The first kappa shape index (κ1) is 20.1.